The summed E-state index contributed by atoms with van der Waals surface area (Å²) in [6.45, 7) is 0. The van der Waals surface area contributed by atoms with Gasteiger partial charge in [-0.15, -0.1) is 0 Å². The monoisotopic (exact) mass is 250 g/mol. The standard InChI is InChI=1S/C6H4BrFN2O3/c1-13-6-3(7)2-4(10(11)12)5(8)9-6/h2H,1H3. The van der Waals surface area contributed by atoms with Crippen molar-refractivity contribution in [3.63, 3.8) is 0 Å². The van der Waals surface area contributed by atoms with Crippen LogP contribution in [0.2, 0.25) is 0 Å². The second-order valence-electron chi connectivity index (χ2n) is 2.05. The van der Waals surface area contributed by atoms with Crippen LogP contribution in [0.3, 0.4) is 0 Å². The fourth-order valence-electron chi connectivity index (χ4n) is 0.712. The topological polar surface area (TPSA) is 65.3 Å². The van der Waals surface area contributed by atoms with E-state index in [1.165, 1.54) is 7.11 Å². The molecule has 13 heavy (non-hydrogen) atoms. The molecule has 0 unspecified atom stereocenters. The Balaban J connectivity index is 3.28. The predicted molar refractivity (Wildman–Crippen MR) is 45.1 cm³/mol. The van der Waals surface area contributed by atoms with E-state index in [-0.39, 0.29) is 10.4 Å². The quantitative estimate of drug-likeness (QED) is 0.457. The number of hydrogen-bond acceptors (Lipinski definition) is 4. The highest BCUT2D eigenvalue weighted by molar-refractivity contribution is 9.10. The molecule has 0 saturated carbocycles. The Hall–Kier alpha value is -1.24. The van der Waals surface area contributed by atoms with Crippen molar-refractivity contribution < 1.29 is 14.1 Å². The van der Waals surface area contributed by atoms with Crippen LogP contribution in [0, 0.1) is 16.1 Å². The number of pyridine rings is 1. The predicted octanol–water partition coefficient (Wildman–Crippen LogP) is 1.90. The zero-order valence-corrected chi connectivity index (χ0v) is 8.04. The third-order valence-electron chi connectivity index (χ3n) is 1.27. The fraction of sp³-hybridized carbons (Fsp3) is 0.167. The van der Waals surface area contributed by atoms with E-state index in [4.69, 9.17) is 0 Å². The molecule has 1 rings (SSSR count). The maximum Gasteiger partial charge on any atom is 0.325 e. The number of aromatic nitrogens is 1. The molecule has 0 radical (unpaired) electrons. The van der Waals surface area contributed by atoms with E-state index in [9.17, 15) is 14.5 Å². The van der Waals surface area contributed by atoms with Crippen molar-refractivity contribution >= 4 is 21.6 Å². The van der Waals surface area contributed by atoms with Gasteiger partial charge in [0.05, 0.1) is 16.5 Å². The maximum absolute atomic E-state index is 12.8. The SMILES string of the molecule is COc1nc(F)c([N+](=O)[O-])cc1Br. The van der Waals surface area contributed by atoms with Crippen molar-refractivity contribution in [1.29, 1.82) is 0 Å². The van der Waals surface area contributed by atoms with Gasteiger partial charge in [0.25, 0.3) is 5.95 Å². The molecule has 1 aromatic rings. The average Bonchev–Trinajstić information content (AvgIpc) is 2.07. The van der Waals surface area contributed by atoms with Crippen LogP contribution in [0.1, 0.15) is 0 Å². The van der Waals surface area contributed by atoms with Gasteiger partial charge in [0.15, 0.2) is 0 Å². The molecule has 5 nitrogen and oxygen atoms in total. The highest BCUT2D eigenvalue weighted by Crippen LogP contribution is 2.28. The molecular weight excluding hydrogens is 247 g/mol. The van der Waals surface area contributed by atoms with Gasteiger partial charge in [-0.2, -0.15) is 9.37 Å². The van der Waals surface area contributed by atoms with Crippen molar-refractivity contribution in [2.75, 3.05) is 7.11 Å². The van der Waals surface area contributed by atoms with E-state index >= 15 is 0 Å². The number of rotatable bonds is 2. The van der Waals surface area contributed by atoms with Gasteiger partial charge >= 0.3 is 5.69 Å². The number of nitrogens with zero attached hydrogens (tertiary/aromatic N) is 2. The number of nitro groups is 1. The van der Waals surface area contributed by atoms with Crippen LogP contribution in [0.25, 0.3) is 0 Å². The molecule has 0 N–H and O–H groups in total. The maximum atomic E-state index is 12.8. The molecule has 0 spiro atoms. The van der Waals surface area contributed by atoms with Gasteiger partial charge in [-0.05, 0) is 15.9 Å². The summed E-state index contributed by atoms with van der Waals surface area (Å²) in [4.78, 5) is 12.6. The van der Waals surface area contributed by atoms with Crippen LogP contribution in [0.4, 0.5) is 10.1 Å². The van der Waals surface area contributed by atoms with Crippen molar-refractivity contribution in [1.82, 2.24) is 4.98 Å². The lowest BCUT2D eigenvalue weighted by atomic mass is 10.4. The first kappa shape index (κ1) is 9.85. The molecule has 0 aromatic carbocycles. The van der Waals surface area contributed by atoms with Crippen LogP contribution >= 0.6 is 15.9 Å². The third-order valence-corrected chi connectivity index (χ3v) is 1.84. The summed E-state index contributed by atoms with van der Waals surface area (Å²) in [5.41, 5.74) is -0.687. The summed E-state index contributed by atoms with van der Waals surface area (Å²) in [7, 11) is 1.29. The lowest BCUT2D eigenvalue weighted by molar-refractivity contribution is -0.388. The molecule has 0 atom stereocenters. The van der Waals surface area contributed by atoms with E-state index in [1.807, 2.05) is 0 Å². The van der Waals surface area contributed by atoms with Crippen LogP contribution < -0.4 is 4.74 Å². The van der Waals surface area contributed by atoms with Gasteiger partial charge in [-0.1, -0.05) is 0 Å². The third kappa shape index (κ3) is 1.92. The zero-order valence-electron chi connectivity index (χ0n) is 6.45. The molecule has 1 aromatic heterocycles. The second kappa shape index (κ2) is 3.65. The number of methoxy groups -OCH3 is 1. The van der Waals surface area contributed by atoms with Crippen molar-refractivity contribution in [3.8, 4) is 5.88 Å². The molecule has 70 valence electrons. The zero-order chi connectivity index (χ0) is 10.0. The molecule has 0 fully saturated rings. The molecule has 0 aliphatic heterocycles. The minimum Gasteiger partial charge on any atom is -0.480 e. The Morgan fingerprint density at radius 1 is 1.77 bits per heavy atom. The summed E-state index contributed by atoms with van der Waals surface area (Å²) in [6, 6.07) is 1.00. The van der Waals surface area contributed by atoms with Crippen LogP contribution in [-0.2, 0) is 0 Å². The molecule has 0 amide bonds. The summed E-state index contributed by atoms with van der Waals surface area (Å²) >= 11 is 2.95. The van der Waals surface area contributed by atoms with Gasteiger partial charge < -0.3 is 4.74 Å². The molecule has 0 saturated heterocycles. The summed E-state index contributed by atoms with van der Waals surface area (Å²) < 4.78 is 17.7. The first-order chi connectivity index (χ1) is 6.06. The Labute approximate surface area is 80.8 Å². The summed E-state index contributed by atoms with van der Waals surface area (Å²) in [5, 5.41) is 10.2. The van der Waals surface area contributed by atoms with E-state index in [0.717, 1.165) is 6.07 Å². The molecule has 1 heterocycles. The second-order valence-corrected chi connectivity index (χ2v) is 2.90. The smallest absolute Gasteiger partial charge is 0.325 e. The van der Waals surface area contributed by atoms with Gasteiger partial charge in [0.2, 0.25) is 5.88 Å². The van der Waals surface area contributed by atoms with Crippen molar-refractivity contribution in [3.05, 3.63) is 26.6 Å². The molecule has 0 aliphatic rings. The molecule has 0 aliphatic carbocycles. The van der Waals surface area contributed by atoms with Crippen molar-refractivity contribution in [2.45, 2.75) is 0 Å². The Morgan fingerprint density at radius 2 is 2.38 bits per heavy atom. The normalized spacial score (nSPS) is 9.77. The van der Waals surface area contributed by atoms with E-state index in [1.54, 1.807) is 0 Å². The Kier molecular flexibility index (Phi) is 2.76. The summed E-state index contributed by atoms with van der Waals surface area (Å²) in [5.74, 6) is -1.19. The van der Waals surface area contributed by atoms with Crippen molar-refractivity contribution in [2.24, 2.45) is 0 Å². The Morgan fingerprint density at radius 3 is 2.85 bits per heavy atom. The van der Waals surface area contributed by atoms with Gasteiger partial charge in [-0.3, -0.25) is 10.1 Å². The highest BCUT2D eigenvalue weighted by Gasteiger charge is 2.19. The largest absolute Gasteiger partial charge is 0.480 e. The highest BCUT2D eigenvalue weighted by atomic mass is 79.9. The lowest BCUT2D eigenvalue weighted by Crippen LogP contribution is -1.98. The van der Waals surface area contributed by atoms with E-state index < -0.39 is 16.6 Å². The van der Waals surface area contributed by atoms with E-state index in [2.05, 4.69) is 25.7 Å². The molecule has 7 heteroatoms. The molecule has 0 bridgehead atoms. The van der Waals surface area contributed by atoms with Gasteiger partial charge in [0, 0.05) is 6.07 Å². The molecular formula is C6H4BrFN2O3. The summed E-state index contributed by atoms with van der Waals surface area (Å²) in [6.07, 6.45) is 0. The number of hydrogen-bond donors (Lipinski definition) is 0. The van der Waals surface area contributed by atoms with E-state index in [0.29, 0.717) is 0 Å². The average molecular weight is 251 g/mol. The first-order valence-electron chi connectivity index (χ1n) is 3.10. The number of ether oxygens (including phenoxy) is 1. The minimum atomic E-state index is -1.16. The van der Waals surface area contributed by atoms with Gasteiger partial charge in [0.1, 0.15) is 0 Å². The minimum absolute atomic E-state index is 0.0249. The van der Waals surface area contributed by atoms with Crippen LogP contribution in [0.15, 0.2) is 10.5 Å². The number of halogens is 2. The van der Waals surface area contributed by atoms with Crippen LogP contribution in [0.5, 0.6) is 5.88 Å². The first-order valence-corrected chi connectivity index (χ1v) is 3.90. The van der Waals surface area contributed by atoms with Crippen LogP contribution in [-0.4, -0.2) is 17.0 Å². The van der Waals surface area contributed by atoms with Gasteiger partial charge in [-0.25, -0.2) is 0 Å². The Bertz CT molecular complexity index is 358. The lowest BCUT2D eigenvalue weighted by Gasteiger charge is -2.01. The fourth-order valence-corrected chi connectivity index (χ4v) is 1.18.